The van der Waals surface area contributed by atoms with Crippen LogP contribution in [0.2, 0.25) is 0 Å². The third kappa shape index (κ3) is 4.56. The van der Waals surface area contributed by atoms with Crippen molar-refractivity contribution in [1.29, 1.82) is 0 Å². The Morgan fingerprint density at radius 2 is 1.79 bits per heavy atom. The average Bonchev–Trinajstić information content (AvgIpc) is 3.41. The topological polar surface area (TPSA) is 119 Å². The summed E-state index contributed by atoms with van der Waals surface area (Å²) in [5.74, 6) is -1.80. The number of imidazole rings is 1. The molecule has 4 rings (SSSR count). The van der Waals surface area contributed by atoms with Gasteiger partial charge in [0, 0.05) is 47.7 Å². The first kappa shape index (κ1) is 22.4. The van der Waals surface area contributed by atoms with Crippen LogP contribution in [0.5, 0.6) is 0 Å². The van der Waals surface area contributed by atoms with Crippen molar-refractivity contribution in [3.63, 3.8) is 0 Å². The predicted octanol–water partition coefficient (Wildman–Crippen LogP) is 4.07. The molecule has 1 aliphatic rings. The number of nitro benzene ring substituents is 1. The molecule has 0 spiro atoms. The highest BCUT2D eigenvalue weighted by atomic mass is 79.9. The number of aryl methyl sites for hydroxylation is 1. The van der Waals surface area contributed by atoms with Gasteiger partial charge in [0.15, 0.2) is 0 Å². The maximum atomic E-state index is 13.0. The molecule has 0 unspecified atom stereocenters. The number of rotatable bonds is 7. The third-order valence-corrected chi connectivity index (χ3v) is 5.98. The van der Waals surface area contributed by atoms with E-state index >= 15 is 0 Å². The van der Waals surface area contributed by atoms with E-state index in [4.69, 9.17) is 0 Å². The molecule has 3 aromatic rings. The number of benzene rings is 2. The molecule has 0 aliphatic carbocycles. The second-order valence-corrected chi connectivity index (χ2v) is 8.42. The Kier molecular flexibility index (Phi) is 6.36. The number of hydrogen-bond acceptors (Lipinski definition) is 6. The zero-order chi connectivity index (χ0) is 23.5. The first-order valence-corrected chi connectivity index (χ1v) is 10.9. The molecule has 1 aromatic heterocycles. The molecule has 1 saturated heterocycles. The lowest BCUT2D eigenvalue weighted by atomic mass is 9.95. The normalized spacial score (nSPS) is 17.5. The van der Waals surface area contributed by atoms with Gasteiger partial charge >= 0.3 is 0 Å². The number of likely N-dealkylation sites (tertiary alicyclic amines) is 1. The maximum absolute atomic E-state index is 13.0. The van der Waals surface area contributed by atoms with Gasteiger partial charge in [0.2, 0.25) is 0 Å². The molecule has 9 nitrogen and oxygen atoms in total. The highest BCUT2D eigenvalue weighted by Gasteiger charge is 2.45. The van der Waals surface area contributed by atoms with Gasteiger partial charge in [-0.05, 0) is 36.2 Å². The molecule has 10 heteroatoms. The van der Waals surface area contributed by atoms with Gasteiger partial charge < -0.3 is 14.6 Å². The van der Waals surface area contributed by atoms with Crippen LogP contribution in [0.3, 0.4) is 0 Å². The van der Waals surface area contributed by atoms with Gasteiger partial charge in [0.05, 0.1) is 22.9 Å². The Labute approximate surface area is 197 Å². The lowest BCUT2D eigenvalue weighted by Crippen LogP contribution is -2.31. The summed E-state index contributed by atoms with van der Waals surface area (Å²) in [5.41, 5.74) is 0.741. The van der Waals surface area contributed by atoms with E-state index in [2.05, 4.69) is 20.9 Å². The zero-order valence-corrected chi connectivity index (χ0v) is 18.9. The lowest BCUT2D eigenvalue weighted by molar-refractivity contribution is -0.384. The predicted molar refractivity (Wildman–Crippen MR) is 123 cm³/mol. The summed E-state index contributed by atoms with van der Waals surface area (Å²) in [6, 6.07) is 11.5. The van der Waals surface area contributed by atoms with Crippen molar-refractivity contribution >= 4 is 39.1 Å². The smallest absolute Gasteiger partial charge is 0.295 e. The SMILES string of the molecule is O=C1C(=O)N(CCCn2ccnc2)[C@@H](c2ccc([N+](=O)[O-])cc2)/C1=C(\O)c1ccc(Br)cc1. The summed E-state index contributed by atoms with van der Waals surface area (Å²) in [6.45, 7) is 0.838. The molecular formula is C23H19BrN4O5. The number of carbonyl (C=O) groups excluding carboxylic acids is 2. The van der Waals surface area contributed by atoms with Crippen molar-refractivity contribution in [1.82, 2.24) is 14.5 Å². The lowest BCUT2D eigenvalue weighted by Gasteiger charge is -2.25. The van der Waals surface area contributed by atoms with Gasteiger partial charge in [-0.3, -0.25) is 19.7 Å². The van der Waals surface area contributed by atoms with Gasteiger partial charge in [-0.15, -0.1) is 0 Å². The number of ketones is 1. The largest absolute Gasteiger partial charge is 0.507 e. The Bertz CT molecular complexity index is 1220. The summed E-state index contributed by atoms with van der Waals surface area (Å²) < 4.78 is 2.66. The fourth-order valence-electron chi connectivity index (χ4n) is 3.84. The van der Waals surface area contributed by atoms with Crippen LogP contribution >= 0.6 is 15.9 Å². The van der Waals surface area contributed by atoms with Gasteiger partial charge in [0.1, 0.15) is 5.76 Å². The Balaban J connectivity index is 1.74. The van der Waals surface area contributed by atoms with Crippen LogP contribution in [0.25, 0.3) is 5.76 Å². The molecule has 1 amide bonds. The standard InChI is InChI=1S/C23H19BrN4O5/c24-17-6-2-16(3-7-17)21(29)19-20(15-4-8-18(9-5-15)28(32)33)27(23(31)22(19)30)12-1-11-26-13-10-25-14-26/h2-10,13-14,20,29H,1,11-12H2/b21-19+/t20-/m0/s1. The van der Waals surface area contributed by atoms with E-state index in [0.29, 0.717) is 24.1 Å². The summed E-state index contributed by atoms with van der Waals surface area (Å²) in [4.78, 5) is 41.9. The molecule has 2 aromatic carbocycles. The van der Waals surface area contributed by atoms with Crippen LogP contribution in [0.1, 0.15) is 23.6 Å². The zero-order valence-electron chi connectivity index (χ0n) is 17.3. The summed E-state index contributed by atoms with van der Waals surface area (Å²) in [5, 5.41) is 22.1. The van der Waals surface area contributed by atoms with E-state index in [0.717, 1.165) is 4.47 Å². The quantitative estimate of drug-likeness (QED) is 0.168. The molecule has 33 heavy (non-hydrogen) atoms. The number of aliphatic hydroxyl groups is 1. The van der Waals surface area contributed by atoms with Crippen LogP contribution in [0.15, 0.2) is 77.3 Å². The van der Waals surface area contributed by atoms with Crippen molar-refractivity contribution in [3.8, 4) is 0 Å². The number of aromatic nitrogens is 2. The van der Waals surface area contributed by atoms with Gasteiger partial charge in [0.25, 0.3) is 17.4 Å². The summed E-state index contributed by atoms with van der Waals surface area (Å²) in [6.07, 6.45) is 5.66. The maximum Gasteiger partial charge on any atom is 0.295 e. The van der Waals surface area contributed by atoms with Crippen LogP contribution in [0.4, 0.5) is 5.69 Å². The minimum absolute atomic E-state index is 0.0428. The molecule has 0 bridgehead atoms. The minimum atomic E-state index is -0.864. The van der Waals surface area contributed by atoms with Crippen LogP contribution in [-0.4, -0.2) is 42.7 Å². The fourth-order valence-corrected chi connectivity index (χ4v) is 4.11. The number of carbonyl (C=O) groups is 2. The molecular weight excluding hydrogens is 492 g/mol. The van der Waals surface area contributed by atoms with Gasteiger partial charge in [-0.2, -0.15) is 0 Å². The Morgan fingerprint density at radius 3 is 2.39 bits per heavy atom. The van der Waals surface area contributed by atoms with E-state index < -0.39 is 22.7 Å². The van der Waals surface area contributed by atoms with Gasteiger partial charge in [-0.1, -0.05) is 28.1 Å². The molecule has 0 saturated carbocycles. The first-order chi connectivity index (χ1) is 15.9. The number of nitrogens with zero attached hydrogens (tertiary/aromatic N) is 4. The number of hydrogen-bond donors (Lipinski definition) is 1. The van der Waals surface area contributed by atoms with Crippen LogP contribution in [-0.2, 0) is 16.1 Å². The number of nitro groups is 1. The number of halogens is 1. The molecule has 2 heterocycles. The van der Waals surface area contributed by atoms with E-state index in [-0.39, 0.29) is 23.6 Å². The van der Waals surface area contributed by atoms with Crippen LogP contribution < -0.4 is 0 Å². The first-order valence-electron chi connectivity index (χ1n) is 10.1. The van der Waals surface area contributed by atoms with Gasteiger partial charge in [-0.25, -0.2) is 4.98 Å². The minimum Gasteiger partial charge on any atom is -0.507 e. The number of amides is 1. The van der Waals surface area contributed by atoms with Crippen molar-refractivity contribution in [3.05, 3.63) is 98.5 Å². The van der Waals surface area contributed by atoms with Crippen molar-refractivity contribution < 1.29 is 19.6 Å². The second-order valence-electron chi connectivity index (χ2n) is 7.50. The Hall–Kier alpha value is -3.79. The third-order valence-electron chi connectivity index (χ3n) is 5.45. The van der Waals surface area contributed by atoms with E-state index in [1.54, 1.807) is 43.0 Å². The average molecular weight is 511 g/mol. The van der Waals surface area contributed by atoms with E-state index in [9.17, 15) is 24.8 Å². The molecule has 1 fully saturated rings. The van der Waals surface area contributed by atoms with Crippen molar-refractivity contribution in [2.45, 2.75) is 19.0 Å². The van der Waals surface area contributed by atoms with E-state index in [1.165, 1.54) is 29.2 Å². The summed E-state index contributed by atoms with van der Waals surface area (Å²) in [7, 11) is 0. The monoisotopic (exact) mass is 510 g/mol. The molecule has 0 radical (unpaired) electrons. The fraction of sp³-hybridized carbons (Fsp3) is 0.174. The highest BCUT2D eigenvalue weighted by Crippen LogP contribution is 2.40. The van der Waals surface area contributed by atoms with Crippen molar-refractivity contribution in [2.24, 2.45) is 0 Å². The molecule has 1 atom stereocenters. The summed E-state index contributed by atoms with van der Waals surface area (Å²) >= 11 is 3.33. The Morgan fingerprint density at radius 1 is 1.09 bits per heavy atom. The second kappa shape index (κ2) is 9.37. The van der Waals surface area contributed by atoms with Crippen molar-refractivity contribution in [2.75, 3.05) is 6.54 Å². The number of aliphatic hydroxyl groups excluding tert-OH is 1. The molecule has 168 valence electrons. The van der Waals surface area contributed by atoms with E-state index in [1.807, 2.05) is 4.57 Å². The molecule has 1 N–H and O–H groups in total. The number of non-ortho nitro benzene ring substituents is 1. The van der Waals surface area contributed by atoms with Crippen LogP contribution in [0, 0.1) is 10.1 Å². The molecule has 1 aliphatic heterocycles. The highest BCUT2D eigenvalue weighted by molar-refractivity contribution is 9.10. The number of Topliss-reactive ketones (excluding diaryl/α,β-unsaturated/α-hetero) is 1.